The van der Waals surface area contributed by atoms with Crippen LogP contribution in [-0.4, -0.2) is 12.6 Å². The number of unbranched alkanes of at least 4 members (excludes halogenated alkanes) is 10. The van der Waals surface area contributed by atoms with Crippen LogP contribution >= 0.6 is 0 Å². The van der Waals surface area contributed by atoms with Crippen LogP contribution in [0.3, 0.4) is 0 Å². The van der Waals surface area contributed by atoms with Crippen LogP contribution in [0.15, 0.2) is 0 Å². The minimum atomic E-state index is 0.0186. The van der Waals surface area contributed by atoms with Gasteiger partial charge in [-0.15, -0.1) is 0 Å². The highest BCUT2D eigenvalue weighted by molar-refractivity contribution is 5.69. The summed E-state index contributed by atoms with van der Waals surface area (Å²) >= 11 is 0. The number of esters is 1. The molecule has 1 aliphatic rings. The number of ether oxygens (including phenoxy) is 1. The zero-order valence-corrected chi connectivity index (χ0v) is 14.9. The molecule has 0 aromatic heterocycles. The van der Waals surface area contributed by atoms with Crippen molar-refractivity contribution in [3.63, 3.8) is 0 Å². The lowest BCUT2D eigenvalue weighted by Crippen LogP contribution is -2.05. The maximum Gasteiger partial charge on any atom is 0.305 e. The van der Waals surface area contributed by atoms with E-state index >= 15 is 0 Å². The van der Waals surface area contributed by atoms with Gasteiger partial charge < -0.3 is 4.74 Å². The molecule has 22 heavy (non-hydrogen) atoms. The Hall–Kier alpha value is -0.530. The zero-order valence-electron chi connectivity index (χ0n) is 14.9. The molecule has 0 bridgehead atoms. The highest BCUT2D eigenvalue weighted by atomic mass is 16.5. The molecule has 0 radical (unpaired) electrons. The zero-order chi connectivity index (χ0) is 15.9. The molecule has 0 atom stereocenters. The fraction of sp³-hybridized carbons (Fsp3) is 0.950. The van der Waals surface area contributed by atoms with Crippen molar-refractivity contribution < 1.29 is 9.53 Å². The van der Waals surface area contributed by atoms with Gasteiger partial charge in [0, 0.05) is 6.42 Å². The van der Waals surface area contributed by atoms with E-state index < -0.39 is 0 Å². The molecule has 130 valence electrons. The minimum absolute atomic E-state index is 0.0186. The summed E-state index contributed by atoms with van der Waals surface area (Å²) in [6.07, 6.45) is 20.2. The topological polar surface area (TPSA) is 26.3 Å². The maximum atomic E-state index is 11.6. The van der Waals surface area contributed by atoms with Crippen LogP contribution in [0.5, 0.6) is 0 Å². The fourth-order valence-electron chi connectivity index (χ4n) is 2.96. The third-order valence-electron chi connectivity index (χ3n) is 4.70. The largest absolute Gasteiger partial charge is 0.466 e. The maximum absolute atomic E-state index is 11.6. The van der Waals surface area contributed by atoms with Crippen molar-refractivity contribution >= 4 is 5.97 Å². The summed E-state index contributed by atoms with van der Waals surface area (Å²) in [5.41, 5.74) is 0. The molecule has 0 aliphatic heterocycles. The quantitative estimate of drug-likeness (QED) is 0.243. The number of hydrogen-bond acceptors (Lipinski definition) is 2. The normalized spacial score (nSPS) is 14.2. The summed E-state index contributed by atoms with van der Waals surface area (Å²) < 4.78 is 5.30. The van der Waals surface area contributed by atoms with Crippen molar-refractivity contribution in [2.75, 3.05) is 6.61 Å². The second kappa shape index (κ2) is 14.1. The molecule has 0 N–H and O–H groups in total. The molecule has 2 heteroatoms. The molecular weight excluding hydrogens is 272 g/mol. The van der Waals surface area contributed by atoms with Gasteiger partial charge in [-0.3, -0.25) is 4.79 Å². The third kappa shape index (κ3) is 13.2. The summed E-state index contributed by atoms with van der Waals surface area (Å²) in [5, 5.41) is 0. The summed E-state index contributed by atoms with van der Waals surface area (Å²) in [6, 6.07) is 0. The van der Waals surface area contributed by atoms with Gasteiger partial charge in [-0.1, -0.05) is 90.4 Å². The Morgan fingerprint density at radius 2 is 1.41 bits per heavy atom. The first kappa shape index (κ1) is 19.5. The van der Waals surface area contributed by atoms with Crippen LogP contribution in [0.4, 0.5) is 0 Å². The first-order valence-electron chi connectivity index (χ1n) is 9.98. The van der Waals surface area contributed by atoms with E-state index in [1.807, 2.05) is 0 Å². The Kier molecular flexibility index (Phi) is 12.5. The highest BCUT2D eigenvalue weighted by Gasteiger charge is 2.19. The van der Waals surface area contributed by atoms with Crippen LogP contribution in [0.1, 0.15) is 110 Å². The van der Waals surface area contributed by atoms with E-state index in [0.717, 1.165) is 18.8 Å². The van der Waals surface area contributed by atoms with Crippen molar-refractivity contribution in [3.8, 4) is 0 Å². The van der Waals surface area contributed by atoms with Gasteiger partial charge in [0.25, 0.3) is 0 Å². The molecule has 1 fully saturated rings. The minimum Gasteiger partial charge on any atom is -0.466 e. The van der Waals surface area contributed by atoms with Crippen molar-refractivity contribution in [2.24, 2.45) is 5.92 Å². The van der Waals surface area contributed by atoms with Gasteiger partial charge in [0.2, 0.25) is 0 Å². The van der Waals surface area contributed by atoms with Gasteiger partial charge >= 0.3 is 5.97 Å². The van der Waals surface area contributed by atoms with E-state index in [1.165, 1.54) is 83.5 Å². The van der Waals surface area contributed by atoms with Crippen molar-refractivity contribution in [3.05, 3.63) is 0 Å². The molecule has 0 saturated heterocycles. The van der Waals surface area contributed by atoms with Gasteiger partial charge in [0.1, 0.15) is 0 Å². The first-order valence-corrected chi connectivity index (χ1v) is 9.98. The molecule has 0 unspecified atom stereocenters. The Morgan fingerprint density at radius 1 is 0.818 bits per heavy atom. The van der Waals surface area contributed by atoms with E-state index in [1.54, 1.807) is 0 Å². The molecule has 1 saturated carbocycles. The summed E-state index contributed by atoms with van der Waals surface area (Å²) in [7, 11) is 0. The van der Waals surface area contributed by atoms with E-state index in [4.69, 9.17) is 4.74 Å². The molecule has 0 aromatic rings. The molecule has 1 aliphatic carbocycles. The third-order valence-corrected chi connectivity index (χ3v) is 4.70. The average molecular weight is 311 g/mol. The van der Waals surface area contributed by atoms with Crippen LogP contribution in [0.25, 0.3) is 0 Å². The smallest absolute Gasteiger partial charge is 0.305 e. The fourth-order valence-corrected chi connectivity index (χ4v) is 2.96. The number of hydrogen-bond donors (Lipinski definition) is 0. The predicted octanol–water partition coefficient (Wildman–Crippen LogP) is 6.42. The molecule has 0 aromatic carbocycles. The van der Waals surface area contributed by atoms with Gasteiger partial charge in [-0.05, 0) is 18.8 Å². The lowest BCUT2D eigenvalue weighted by molar-refractivity contribution is -0.143. The Labute approximate surface area is 138 Å². The van der Waals surface area contributed by atoms with E-state index in [9.17, 15) is 4.79 Å². The second-order valence-electron chi connectivity index (χ2n) is 7.09. The first-order chi connectivity index (χ1) is 10.8. The average Bonchev–Trinajstić information content (AvgIpc) is 3.33. The summed E-state index contributed by atoms with van der Waals surface area (Å²) in [4.78, 5) is 11.6. The lowest BCUT2D eigenvalue weighted by atomic mass is 10.1. The number of carbonyl (C=O) groups is 1. The Balaban J connectivity index is 1.71. The van der Waals surface area contributed by atoms with Crippen molar-refractivity contribution in [1.82, 2.24) is 0 Å². The molecular formula is C20H38O2. The molecule has 1 rings (SSSR count). The number of rotatable bonds is 16. The van der Waals surface area contributed by atoms with Crippen LogP contribution < -0.4 is 0 Å². The standard InChI is InChI=1S/C20H38O2/c1-2-3-4-5-6-7-8-9-12-15-20(21)22-18-13-10-11-14-19-16-17-19/h19H,2-18H2,1H3. The van der Waals surface area contributed by atoms with E-state index in [0.29, 0.717) is 13.0 Å². The Bertz CT molecular complexity index is 258. The van der Waals surface area contributed by atoms with E-state index in [2.05, 4.69) is 6.92 Å². The van der Waals surface area contributed by atoms with E-state index in [-0.39, 0.29) is 5.97 Å². The van der Waals surface area contributed by atoms with Gasteiger partial charge in [0.05, 0.1) is 6.61 Å². The van der Waals surface area contributed by atoms with Gasteiger partial charge in [-0.2, -0.15) is 0 Å². The monoisotopic (exact) mass is 310 g/mol. The molecule has 0 heterocycles. The SMILES string of the molecule is CCCCCCCCCCCC(=O)OCCCCCC1CC1. The molecule has 0 spiro atoms. The highest BCUT2D eigenvalue weighted by Crippen LogP contribution is 2.33. The lowest BCUT2D eigenvalue weighted by Gasteiger charge is -2.05. The Morgan fingerprint density at radius 3 is 2.05 bits per heavy atom. The van der Waals surface area contributed by atoms with Crippen molar-refractivity contribution in [2.45, 2.75) is 110 Å². The van der Waals surface area contributed by atoms with Crippen LogP contribution in [-0.2, 0) is 9.53 Å². The second-order valence-corrected chi connectivity index (χ2v) is 7.09. The van der Waals surface area contributed by atoms with Crippen LogP contribution in [0, 0.1) is 5.92 Å². The summed E-state index contributed by atoms with van der Waals surface area (Å²) in [6.45, 7) is 2.90. The van der Waals surface area contributed by atoms with Gasteiger partial charge in [-0.25, -0.2) is 0 Å². The predicted molar refractivity (Wildman–Crippen MR) is 94.0 cm³/mol. The molecule has 0 amide bonds. The summed E-state index contributed by atoms with van der Waals surface area (Å²) in [5.74, 6) is 1.05. The van der Waals surface area contributed by atoms with Crippen molar-refractivity contribution in [1.29, 1.82) is 0 Å². The molecule has 2 nitrogen and oxygen atoms in total. The van der Waals surface area contributed by atoms with Gasteiger partial charge in [0.15, 0.2) is 0 Å². The van der Waals surface area contributed by atoms with Crippen LogP contribution in [0.2, 0.25) is 0 Å². The number of carbonyl (C=O) groups excluding carboxylic acids is 1.